The van der Waals surface area contributed by atoms with E-state index in [1.54, 1.807) is 54.6 Å². The first kappa shape index (κ1) is 106. The molecule has 0 amide bonds. The van der Waals surface area contributed by atoms with E-state index in [0.29, 0.717) is 53.3 Å². The van der Waals surface area contributed by atoms with Crippen LogP contribution in [0.3, 0.4) is 0 Å². The van der Waals surface area contributed by atoms with Gasteiger partial charge in [0.25, 0.3) is 0 Å². The van der Waals surface area contributed by atoms with Gasteiger partial charge in [0.1, 0.15) is 0 Å². The average molecular weight is 1660 g/mol. The van der Waals surface area contributed by atoms with Crippen molar-refractivity contribution in [3.63, 3.8) is 0 Å². The van der Waals surface area contributed by atoms with Gasteiger partial charge in [-0.05, 0) is 270 Å². The Bertz CT molecular complexity index is 3240. The van der Waals surface area contributed by atoms with Gasteiger partial charge in [-0.25, -0.2) is 0 Å². The summed E-state index contributed by atoms with van der Waals surface area (Å²) in [5.74, 6) is 4.29. The van der Waals surface area contributed by atoms with Crippen LogP contribution in [0.25, 0.3) is 0 Å². The van der Waals surface area contributed by atoms with Crippen molar-refractivity contribution in [1.29, 1.82) is 0 Å². The fourth-order valence-corrected chi connectivity index (χ4v) is 10.5. The van der Waals surface area contributed by atoms with E-state index in [1.165, 1.54) is 54.6 Å². The van der Waals surface area contributed by atoms with Gasteiger partial charge in [0.2, 0.25) is 0 Å². The fourth-order valence-electron chi connectivity index (χ4n) is 10.5. The Kier molecular flexibility index (Phi) is 52.9. The molecule has 0 atom stereocenters. The zero-order valence-corrected chi connectivity index (χ0v) is 71.1. The van der Waals surface area contributed by atoms with Crippen LogP contribution in [0.2, 0.25) is 0 Å². The minimum absolute atomic E-state index is 0. The number of hydrogen-bond acceptors (Lipinski definition) is 18. The smallest absolute Gasteiger partial charge is 0.504 e. The topological polar surface area (TPSA) is 364 Å². The molecule has 0 bridgehead atoms. The van der Waals surface area contributed by atoms with Crippen LogP contribution >= 0.6 is 0 Å². The summed E-state index contributed by atoms with van der Waals surface area (Å²) in [5.41, 5.74) is 9.50. The van der Waals surface area contributed by atoms with Gasteiger partial charge >= 0.3 is 51.2 Å². The maximum absolute atomic E-state index is 9.16. The fraction of sp³-hybridized carbons (Fsp3) is 0.400. The summed E-state index contributed by atoms with van der Waals surface area (Å²) in [6.07, 6.45) is 8.32. The molecule has 111 heavy (non-hydrogen) atoms. The van der Waals surface area contributed by atoms with Crippen molar-refractivity contribution < 1.29 is 143 Å². The molecule has 0 saturated carbocycles. The molecule has 0 aliphatic carbocycles. The van der Waals surface area contributed by atoms with E-state index in [-0.39, 0.29) is 155 Å². The summed E-state index contributed by atoms with van der Waals surface area (Å²) >= 11 is 0. The van der Waals surface area contributed by atoms with Crippen LogP contribution in [0.4, 0.5) is 0 Å². The van der Waals surface area contributed by atoms with Crippen molar-refractivity contribution in [3.8, 4) is 103 Å². The molecule has 0 heterocycles. The monoisotopic (exact) mass is 1660 g/mol. The van der Waals surface area contributed by atoms with Gasteiger partial charge in [0.05, 0.1) is 0 Å². The van der Waals surface area contributed by atoms with Gasteiger partial charge in [0, 0.05) is 0 Å². The molecule has 9 aromatic carbocycles. The second kappa shape index (κ2) is 55.4. The predicted octanol–water partition coefficient (Wildman–Crippen LogP) is 20.7. The van der Waals surface area contributed by atoms with E-state index >= 15 is 0 Å². The quantitative estimate of drug-likeness (QED) is 0.0280. The van der Waals surface area contributed by atoms with Crippen molar-refractivity contribution in [2.45, 2.75) is 182 Å². The number of hydrogen-bond donors (Lipinski definition) is 18. The summed E-state index contributed by atoms with van der Waals surface area (Å²) < 4.78 is 0. The van der Waals surface area contributed by atoms with Gasteiger partial charge < -0.3 is 91.9 Å². The third-order valence-corrected chi connectivity index (χ3v) is 15.2. The average Bonchev–Trinajstić information content (AvgIpc) is 0.964. The SMILES string of the molecule is CC(C)Cc1ccc(O)c(O)c1.CC(C)Cc1ccc(O)c(O)c1.CC(C)Cc1ccc(O)c(O)c1.CC(C)Cc1ccc(O)c(O)c1.CC(C)Cc1ccc(O)c(O)c1.CC(C)Cc1ccc(O)c(O)c1.CC(C)Cc1ccc(O)c(O)c1.CC(C)Cc1ccc(O)c(O)c1.CC(C)Cc1ccc(O)c(O)c1.[Fe+3].[Fe+3].[Fe+3]. The van der Waals surface area contributed by atoms with Crippen molar-refractivity contribution in [2.75, 3.05) is 0 Å². The van der Waals surface area contributed by atoms with E-state index in [1.807, 2.05) is 54.6 Å². The molecule has 0 fully saturated rings. The van der Waals surface area contributed by atoms with Crippen molar-refractivity contribution in [1.82, 2.24) is 0 Å². The Morgan fingerprint density at radius 1 is 0.135 bits per heavy atom. The molecule has 609 valence electrons. The summed E-state index contributed by atoms with van der Waals surface area (Å²) in [6.45, 7) is 38.1. The standard InChI is InChI=1S/9C10H14O2.3Fe/c9*1-7(2)5-8-3-4-9(11)10(12)6-8;;;/h9*3-4,6-7,11-12H,5H2,1-2H3;;;/q;;;;;;;;;3*+3. The molecule has 0 spiro atoms. The van der Waals surface area contributed by atoms with Crippen molar-refractivity contribution >= 4 is 0 Å². The number of phenols is 18. The Hall–Kier alpha value is -9.06. The second-order valence-corrected chi connectivity index (χ2v) is 30.8. The van der Waals surface area contributed by atoms with E-state index in [2.05, 4.69) is 125 Å². The number of phenolic OH excluding ortho intramolecular Hbond substituents is 18. The second-order valence-electron chi connectivity index (χ2n) is 30.8. The van der Waals surface area contributed by atoms with Crippen LogP contribution in [-0.2, 0) is 109 Å². The van der Waals surface area contributed by atoms with Gasteiger partial charge in [-0.15, -0.1) is 0 Å². The normalized spacial score (nSPS) is 10.3. The minimum Gasteiger partial charge on any atom is -0.504 e. The Labute approximate surface area is 691 Å². The zero-order valence-electron chi connectivity index (χ0n) is 67.8. The third-order valence-electron chi connectivity index (χ3n) is 15.2. The maximum atomic E-state index is 9.16. The molecular weight excluding hydrogens is 1540 g/mol. The molecule has 0 unspecified atom stereocenters. The largest absolute Gasteiger partial charge is 3.00 e. The minimum atomic E-state index is -0.0532. The van der Waals surface area contributed by atoms with E-state index < -0.39 is 0 Å². The summed E-state index contributed by atoms with van der Waals surface area (Å²) in [7, 11) is 0. The van der Waals surface area contributed by atoms with Crippen LogP contribution in [0.15, 0.2) is 164 Å². The van der Waals surface area contributed by atoms with Crippen molar-refractivity contribution in [2.24, 2.45) is 53.3 Å². The van der Waals surface area contributed by atoms with Crippen molar-refractivity contribution in [3.05, 3.63) is 214 Å². The van der Waals surface area contributed by atoms with Crippen LogP contribution in [0, 0.1) is 53.3 Å². The van der Waals surface area contributed by atoms with Gasteiger partial charge in [-0.1, -0.05) is 179 Å². The van der Waals surface area contributed by atoms with Gasteiger partial charge in [0.15, 0.2) is 103 Å². The van der Waals surface area contributed by atoms with E-state index in [4.69, 9.17) is 91.9 Å². The Balaban J connectivity index is -0.00000118. The van der Waals surface area contributed by atoms with Gasteiger partial charge in [-0.2, -0.15) is 0 Å². The zero-order chi connectivity index (χ0) is 82.2. The molecule has 0 aromatic heterocycles. The van der Waals surface area contributed by atoms with Crippen LogP contribution in [-0.4, -0.2) is 91.9 Å². The first-order chi connectivity index (χ1) is 50.3. The van der Waals surface area contributed by atoms with Crippen LogP contribution < -0.4 is 0 Å². The molecule has 9 rings (SSSR count). The first-order valence-corrected chi connectivity index (χ1v) is 36.9. The summed E-state index contributed by atoms with van der Waals surface area (Å²) in [4.78, 5) is 0. The molecule has 0 aliphatic heterocycles. The third kappa shape index (κ3) is 47.7. The molecule has 21 heteroatoms. The number of rotatable bonds is 18. The van der Waals surface area contributed by atoms with Crippen LogP contribution in [0.1, 0.15) is 175 Å². The number of benzene rings is 9. The Morgan fingerprint density at radius 3 is 0.261 bits per heavy atom. The molecule has 3 radical (unpaired) electrons. The Morgan fingerprint density at radius 2 is 0.207 bits per heavy atom. The summed E-state index contributed by atoms with van der Waals surface area (Å²) in [5, 5.41) is 164. The molecule has 18 nitrogen and oxygen atoms in total. The molecule has 18 N–H and O–H groups in total. The molecule has 0 aliphatic rings. The predicted molar refractivity (Wildman–Crippen MR) is 435 cm³/mol. The van der Waals surface area contributed by atoms with Crippen LogP contribution in [0.5, 0.6) is 103 Å². The molecular formula is C90H126Fe3O18+9. The number of aromatic hydroxyl groups is 18. The maximum Gasteiger partial charge on any atom is 3.00 e. The van der Waals surface area contributed by atoms with Gasteiger partial charge in [-0.3, -0.25) is 0 Å². The van der Waals surface area contributed by atoms with E-state index in [9.17, 15) is 0 Å². The first-order valence-electron chi connectivity index (χ1n) is 36.9. The molecule has 0 saturated heterocycles. The molecule has 9 aromatic rings. The van der Waals surface area contributed by atoms with E-state index in [0.717, 1.165) is 108 Å². The summed E-state index contributed by atoms with van der Waals surface area (Å²) in [6, 6.07) is 44.6.